The maximum atomic E-state index is 13.3. The summed E-state index contributed by atoms with van der Waals surface area (Å²) in [5.41, 5.74) is 0. The normalized spacial score (nSPS) is 47.6. The number of aliphatic hydroxyl groups excluding tert-OH is 25. The zero-order valence-corrected chi connectivity index (χ0v) is 58.0. The van der Waals surface area contributed by atoms with Crippen molar-refractivity contribution < 1.29 is 218 Å². The lowest BCUT2D eigenvalue weighted by molar-refractivity contribution is -0.394. The summed E-state index contributed by atoms with van der Waals surface area (Å²) in [6.07, 6.45) is -83.4. The number of rotatable bonds is 30. The minimum Gasteiger partial charge on any atom is -0.394 e. The Kier molecular flexibility index (Phi) is 32.7. The topological polar surface area (TPSA) is 741 Å². The summed E-state index contributed by atoms with van der Waals surface area (Å²) in [6, 6.07) is -5.66. The molecule has 47 nitrogen and oxygen atoms in total. The van der Waals surface area contributed by atoms with E-state index < -0.39 is 340 Å². The van der Waals surface area contributed by atoms with Crippen molar-refractivity contribution in [2.24, 2.45) is 0 Å². The van der Waals surface area contributed by atoms with E-state index >= 15 is 0 Å². The number of nitrogens with one attached hydrogen (secondary N) is 3. The molecule has 3 amide bonds. The molecule has 0 bridgehead atoms. The molecule has 8 aliphatic rings. The molecule has 8 aliphatic heterocycles. The van der Waals surface area contributed by atoms with Crippen molar-refractivity contribution in [1.82, 2.24) is 16.0 Å². The SMILES string of the molecule is CC(=O)N[C@H]1[C@H](O[C@@H]([C@H](O)[C@H](CO)NC(C)=O)[C@H](O)CO[C@@H]2O[C@@H](C)[C@@H](O)[C@@H](O)[C@@H]2O)O[C@H](CO)[C@@H](O[C@@H]2O[C@H](CO[C@H]3O[C@H](CO)[C@@H](O)[C@H](O)[C@@H]3O[C@@H]3O[C@H](CO)[C@@H](O[C@@H]4O[C@H](CO)[C@H](O)[C@H](O)[C@H]4O)[C@H](O[C@@H]4O[C@@H](C)[C@@H](O)[C@@H](O)[C@@H]4O)[C@H]3NC(C)=O)[C@@H](O)[C@H](O[C@H]3O[C@H](CO)[C@@H](O)[C@H](O)[C@@H]3O)[C@@H]2O)[C@@H]1O. The van der Waals surface area contributed by atoms with Crippen LogP contribution in [0.1, 0.15) is 34.6 Å². The summed E-state index contributed by atoms with van der Waals surface area (Å²) < 4.78 is 94.5. The number of ether oxygens (including phenoxy) is 16. The van der Waals surface area contributed by atoms with Gasteiger partial charge in [0, 0.05) is 20.8 Å². The quantitative estimate of drug-likeness (QED) is 0.0318. The van der Waals surface area contributed by atoms with Gasteiger partial charge in [0.25, 0.3) is 0 Å². The fourth-order valence-corrected chi connectivity index (χ4v) is 13.4. The van der Waals surface area contributed by atoms with Crippen LogP contribution in [0.4, 0.5) is 0 Å². The molecular weight excluding hydrogens is 1470 g/mol. The molecule has 8 saturated heterocycles. The highest BCUT2D eigenvalue weighted by Gasteiger charge is 2.60. The maximum absolute atomic E-state index is 13.3. The smallest absolute Gasteiger partial charge is 0.217 e. The average molecular weight is 1570 g/mol. The van der Waals surface area contributed by atoms with E-state index in [1.807, 2.05) is 0 Å². The van der Waals surface area contributed by atoms with E-state index in [9.17, 15) is 142 Å². The highest BCUT2D eigenvalue weighted by Crippen LogP contribution is 2.39. The monoisotopic (exact) mass is 1570 g/mol. The number of hydrogen-bond donors (Lipinski definition) is 28. The van der Waals surface area contributed by atoms with Gasteiger partial charge in [0.15, 0.2) is 50.3 Å². The van der Waals surface area contributed by atoms with Crippen molar-refractivity contribution in [2.45, 2.75) is 304 Å². The molecule has 0 aliphatic carbocycles. The average Bonchev–Trinajstić information content (AvgIpc) is 0.766. The van der Waals surface area contributed by atoms with Gasteiger partial charge in [0.05, 0.1) is 71.1 Å². The van der Waals surface area contributed by atoms with E-state index in [-0.39, 0.29) is 0 Å². The summed E-state index contributed by atoms with van der Waals surface area (Å²) in [6.45, 7) is -3.36. The van der Waals surface area contributed by atoms with Gasteiger partial charge in [-0.2, -0.15) is 0 Å². The van der Waals surface area contributed by atoms with Gasteiger partial charge in [0.1, 0.15) is 201 Å². The van der Waals surface area contributed by atoms with Crippen LogP contribution in [0, 0.1) is 0 Å². The zero-order valence-electron chi connectivity index (χ0n) is 58.0. The van der Waals surface area contributed by atoms with Crippen LogP contribution in [0.5, 0.6) is 0 Å². The summed E-state index contributed by atoms with van der Waals surface area (Å²) in [5, 5.41) is 282. The predicted molar refractivity (Wildman–Crippen MR) is 331 cm³/mol. The first-order valence-corrected chi connectivity index (χ1v) is 34.3. The molecule has 28 N–H and O–H groups in total. The minimum atomic E-state index is -2.46. The third-order valence-corrected chi connectivity index (χ3v) is 19.5. The molecule has 0 saturated carbocycles. The van der Waals surface area contributed by atoms with Crippen LogP contribution in [0.25, 0.3) is 0 Å². The Bertz CT molecular complexity index is 2750. The van der Waals surface area contributed by atoms with Crippen molar-refractivity contribution in [3.8, 4) is 0 Å². The van der Waals surface area contributed by atoms with Gasteiger partial charge in [-0.25, -0.2) is 0 Å². The Morgan fingerprint density at radius 1 is 0.346 bits per heavy atom. The molecule has 8 fully saturated rings. The van der Waals surface area contributed by atoms with Gasteiger partial charge in [-0.1, -0.05) is 0 Å². The molecule has 8 rings (SSSR count). The second-order valence-electron chi connectivity index (χ2n) is 27.2. The molecule has 0 aromatic carbocycles. The maximum Gasteiger partial charge on any atom is 0.217 e. The molecule has 44 atom stereocenters. The number of aliphatic hydroxyl groups is 25. The van der Waals surface area contributed by atoms with Crippen molar-refractivity contribution in [3.05, 3.63) is 0 Å². The van der Waals surface area contributed by atoms with Gasteiger partial charge in [-0.3, -0.25) is 14.4 Å². The van der Waals surface area contributed by atoms with Crippen molar-refractivity contribution in [3.63, 3.8) is 0 Å². The van der Waals surface area contributed by atoms with Crippen LogP contribution < -0.4 is 16.0 Å². The molecule has 622 valence electrons. The lowest BCUT2D eigenvalue weighted by atomic mass is 9.93. The third-order valence-electron chi connectivity index (χ3n) is 19.5. The fourth-order valence-electron chi connectivity index (χ4n) is 13.4. The molecule has 0 aromatic rings. The van der Waals surface area contributed by atoms with Crippen LogP contribution in [-0.4, -0.2) is 468 Å². The molecule has 0 unspecified atom stereocenters. The van der Waals surface area contributed by atoms with Crippen LogP contribution in [0.2, 0.25) is 0 Å². The zero-order chi connectivity index (χ0) is 79.2. The largest absolute Gasteiger partial charge is 0.394 e. The lowest BCUT2D eigenvalue weighted by Crippen LogP contribution is -2.71. The first-order valence-electron chi connectivity index (χ1n) is 34.3. The number of hydrogen-bond acceptors (Lipinski definition) is 44. The molecule has 0 spiro atoms. The lowest BCUT2D eigenvalue weighted by Gasteiger charge is -2.51. The van der Waals surface area contributed by atoms with E-state index in [0.29, 0.717) is 0 Å². The molecule has 0 aromatic heterocycles. The molecule has 47 heteroatoms. The van der Waals surface area contributed by atoms with Crippen molar-refractivity contribution in [1.29, 1.82) is 0 Å². The van der Waals surface area contributed by atoms with Crippen molar-refractivity contribution in [2.75, 3.05) is 52.9 Å². The standard InChI is InChI=1S/C60H103N3O44/c1-14-29(74)37(82)42(87)55(94-14)92-12-20(73)47(31(76)19(6-64)61-16(3)70)102-53-27(62-17(4)71)36(81)48(24(10-68)99-53)103-59-46(91)51(106-58-45(90)40(85)33(78)22(8-66)97-58)35(80)26(101-59)13-93-60-52(41(86)34(79)23(9-67)98-60)107-54-28(63-18(5)72)50(105-56-43(88)38(83)30(75)15(2)95-56)49(25(11-69)100-54)104-57-44(89)39(84)32(77)21(7-65)96-57/h14-15,19-60,64-69,73-91H,6-13H2,1-5H3,(H,61,70)(H,62,71)(H,63,72)/t14-,15-,19-,20+,21+,22+,23+,24+,25+,26+,27+,28+,29+,30+,31+,32-,33+,34+,35+,36+,37+,38+,39-,40-,41-,42-,43-,44+,45-,46-,47+,48+,49+,50+,51-,52-,53-,54-,55+,56-,57-,58+,59-,60-/m0/s1. The first-order chi connectivity index (χ1) is 50.5. The summed E-state index contributed by atoms with van der Waals surface area (Å²) in [4.78, 5) is 38.6. The Labute approximate surface area is 607 Å². The third kappa shape index (κ3) is 20.3. The fraction of sp³-hybridized carbons (Fsp3) is 0.950. The Morgan fingerprint density at radius 3 is 1.24 bits per heavy atom. The number of carbonyl (C=O) groups excluding carboxylic acids is 3. The highest BCUT2D eigenvalue weighted by molar-refractivity contribution is 5.74. The molecule has 0 radical (unpaired) electrons. The van der Waals surface area contributed by atoms with Gasteiger partial charge in [-0.05, 0) is 13.8 Å². The van der Waals surface area contributed by atoms with Gasteiger partial charge < -0.3 is 219 Å². The predicted octanol–water partition coefficient (Wildman–Crippen LogP) is -18.5. The van der Waals surface area contributed by atoms with E-state index in [4.69, 9.17) is 75.8 Å². The van der Waals surface area contributed by atoms with Gasteiger partial charge in [0.2, 0.25) is 17.7 Å². The van der Waals surface area contributed by atoms with Crippen LogP contribution in [-0.2, 0) is 90.2 Å². The second kappa shape index (κ2) is 39.2. The first kappa shape index (κ1) is 89.3. The van der Waals surface area contributed by atoms with Gasteiger partial charge in [-0.15, -0.1) is 0 Å². The van der Waals surface area contributed by atoms with Crippen molar-refractivity contribution >= 4 is 17.7 Å². The van der Waals surface area contributed by atoms with E-state index in [1.165, 1.54) is 13.8 Å². The van der Waals surface area contributed by atoms with E-state index in [1.54, 1.807) is 0 Å². The van der Waals surface area contributed by atoms with Crippen LogP contribution in [0.3, 0.4) is 0 Å². The summed E-state index contributed by atoms with van der Waals surface area (Å²) in [5.74, 6) is -2.78. The molecule has 107 heavy (non-hydrogen) atoms. The Morgan fingerprint density at radius 2 is 0.738 bits per heavy atom. The second-order valence-corrected chi connectivity index (χ2v) is 27.2. The Balaban J connectivity index is 1.11. The summed E-state index contributed by atoms with van der Waals surface area (Å²) in [7, 11) is 0. The summed E-state index contributed by atoms with van der Waals surface area (Å²) >= 11 is 0. The molecular formula is C60H103N3O44. The van der Waals surface area contributed by atoms with Crippen LogP contribution in [0.15, 0.2) is 0 Å². The van der Waals surface area contributed by atoms with Crippen LogP contribution >= 0.6 is 0 Å². The van der Waals surface area contributed by atoms with E-state index in [0.717, 1.165) is 20.8 Å². The number of amides is 3. The molecule has 8 heterocycles. The highest BCUT2D eigenvalue weighted by atomic mass is 16.8. The van der Waals surface area contributed by atoms with Gasteiger partial charge >= 0.3 is 0 Å². The Hall–Kier alpha value is -3.23. The minimum absolute atomic E-state index is 0.836. The number of carbonyl (C=O) groups is 3. The van der Waals surface area contributed by atoms with E-state index in [2.05, 4.69) is 16.0 Å².